The van der Waals surface area contributed by atoms with E-state index in [4.69, 9.17) is 5.11 Å². The van der Waals surface area contributed by atoms with Crippen molar-refractivity contribution < 1.29 is 36.2 Å². The highest BCUT2D eigenvalue weighted by atomic mass is 19.4. The summed E-state index contributed by atoms with van der Waals surface area (Å²) in [6.07, 6.45) is -11.7. The number of rotatable bonds is 2. The van der Waals surface area contributed by atoms with Gasteiger partial charge in [0.25, 0.3) is 5.60 Å². The second-order valence-corrected chi connectivity index (χ2v) is 3.82. The van der Waals surface area contributed by atoms with Gasteiger partial charge in [-0.2, -0.15) is 26.3 Å². The number of carbonyl (C=O) groups is 1. The van der Waals surface area contributed by atoms with Gasteiger partial charge in [-0.1, -0.05) is 6.07 Å². The average Bonchev–Trinajstić information content (AvgIpc) is 2.25. The summed E-state index contributed by atoms with van der Waals surface area (Å²) in [5.41, 5.74) is -6.52. The lowest BCUT2D eigenvalue weighted by Gasteiger charge is -2.32. The van der Waals surface area contributed by atoms with Gasteiger partial charge in [-0.05, 0) is 6.07 Å². The number of hydrogen-bond donors (Lipinski definition) is 2. The molecular formula is C10H8F6N2O2. The van der Waals surface area contributed by atoms with Gasteiger partial charge in [0.1, 0.15) is 5.82 Å². The van der Waals surface area contributed by atoms with Gasteiger partial charge in [0.05, 0.1) is 0 Å². The number of pyridine rings is 1. The Balaban J connectivity index is 3.27. The molecule has 0 unspecified atom stereocenters. The van der Waals surface area contributed by atoms with E-state index in [9.17, 15) is 31.1 Å². The first-order chi connectivity index (χ1) is 8.89. The Morgan fingerprint density at radius 3 is 1.95 bits per heavy atom. The third-order valence-electron chi connectivity index (χ3n) is 2.31. The van der Waals surface area contributed by atoms with Crippen LogP contribution in [0, 0.1) is 0 Å². The molecule has 0 bridgehead atoms. The molecule has 0 aliphatic carbocycles. The minimum Gasteiger partial charge on any atom is -0.369 e. The minimum atomic E-state index is -5.97. The summed E-state index contributed by atoms with van der Waals surface area (Å²) in [6.45, 7) is 1.08. The number of halogens is 6. The number of alkyl halides is 6. The molecular weight excluding hydrogens is 294 g/mol. The van der Waals surface area contributed by atoms with Crippen LogP contribution in [0.4, 0.5) is 32.2 Å². The van der Waals surface area contributed by atoms with Crippen LogP contribution in [0.2, 0.25) is 0 Å². The van der Waals surface area contributed by atoms with Gasteiger partial charge in [-0.3, -0.25) is 4.79 Å². The van der Waals surface area contributed by atoms with Crippen molar-refractivity contribution in [1.82, 2.24) is 4.98 Å². The summed E-state index contributed by atoms with van der Waals surface area (Å²) in [5, 5.41) is 11.1. The van der Waals surface area contributed by atoms with Crippen LogP contribution in [-0.2, 0) is 10.4 Å². The summed E-state index contributed by atoms with van der Waals surface area (Å²) >= 11 is 0. The number of anilines is 1. The van der Waals surface area contributed by atoms with Crippen molar-refractivity contribution >= 4 is 11.7 Å². The van der Waals surface area contributed by atoms with E-state index in [1.54, 1.807) is 0 Å². The molecule has 0 aliphatic rings. The molecule has 0 saturated carbocycles. The Morgan fingerprint density at radius 2 is 1.65 bits per heavy atom. The van der Waals surface area contributed by atoms with Crippen LogP contribution in [0.15, 0.2) is 18.3 Å². The number of carbonyl (C=O) groups excluding carboxylic acids is 1. The predicted octanol–water partition coefficient (Wildman–Crippen LogP) is 2.35. The maximum Gasteiger partial charge on any atom is 0.430 e. The van der Waals surface area contributed by atoms with Crippen molar-refractivity contribution in [2.75, 3.05) is 5.32 Å². The number of aliphatic hydroxyl groups is 1. The first kappa shape index (κ1) is 16.2. The van der Waals surface area contributed by atoms with E-state index in [0.717, 1.165) is 13.0 Å². The summed E-state index contributed by atoms with van der Waals surface area (Å²) in [7, 11) is 0. The van der Waals surface area contributed by atoms with E-state index in [1.165, 1.54) is 0 Å². The van der Waals surface area contributed by atoms with E-state index in [2.05, 4.69) is 10.3 Å². The van der Waals surface area contributed by atoms with E-state index in [-0.39, 0.29) is 12.0 Å². The van der Waals surface area contributed by atoms with Crippen molar-refractivity contribution in [3.63, 3.8) is 0 Å². The number of hydrogen-bond acceptors (Lipinski definition) is 3. The van der Waals surface area contributed by atoms with Gasteiger partial charge in [-0.15, -0.1) is 0 Å². The molecule has 0 atom stereocenters. The van der Waals surface area contributed by atoms with Gasteiger partial charge in [-0.25, -0.2) is 4.98 Å². The van der Waals surface area contributed by atoms with Crippen molar-refractivity contribution in [3.8, 4) is 0 Å². The zero-order valence-corrected chi connectivity index (χ0v) is 9.80. The summed E-state index contributed by atoms with van der Waals surface area (Å²) in [4.78, 5) is 13.9. The molecule has 0 spiro atoms. The average molecular weight is 302 g/mol. The molecule has 10 heteroatoms. The number of nitrogens with one attached hydrogen (secondary N) is 1. The third-order valence-corrected chi connectivity index (χ3v) is 2.31. The molecule has 1 rings (SSSR count). The Morgan fingerprint density at radius 1 is 1.15 bits per heavy atom. The number of aromatic nitrogens is 1. The lowest BCUT2D eigenvalue weighted by atomic mass is 9.94. The summed E-state index contributed by atoms with van der Waals surface area (Å²) in [5.74, 6) is -0.847. The molecule has 1 amide bonds. The Labute approximate surface area is 108 Å². The van der Waals surface area contributed by atoms with Gasteiger partial charge < -0.3 is 10.4 Å². The largest absolute Gasteiger partial charge is 0.430 e. The zero-order valence-electron chi connectivity index (χ0n) is 9.80. The van der Waals surface area contributed by atoms with Crippen LogP contribution in [0.1, 0.15) is 12.5 Å². The number of nitrogens with zero attached hydrogens (tertiary/aromatic N) is 1. The quantitative estimate of drug-likeness (QED) is 0.824. The van der Waals surface area contributed by atoms with Gasteiger partial charge >= 0.3 is 12.4 Å². The lowest BCUT2D eigenvalue weighted by Crippen LogP contribution is -2.53. The molecule has 0 aromatic carbocycles. The van der Waals surface area contributed by atoms with Crippen LogP contribution in [0.25, 0.3) is 0 Å². The second kappa shape index (κ2) is 4.93. The Bertz CT molecular complexity index is 480. The topological polar surface area (TPSA) is 62.2 Å². The predicted molar refractivity (Wildman–Crippen MR) is 54.5 cm³/mol. The first-order valence-corrected chi connectivity index (χ1v) is 4.99. The van der Waals surface area contributed by atoms with Crippen LogP contribution >= 0.6 is 0 Å². The Kier molecular flexibility index (Phi) is 3.99. The maximum atomic E-state index is 12.5. The molecule has 0 fully saturated rings. The normalized spacial score (nSPS) is 13.2. The van der Waals surface area contributed by atoms with Crippen LogP contribution in [0.5, 0.6) is 0 Å². The summed E-state index contributed by atoms with van der Waals surface area (Å²) < 4.78 is 75.2. The molecule has 4 nitrogen and oxygen atoms in total. The van der Waals surface area contributed by atoms with Crippen LogP contribution in [0.3, 0.4) is 0 Å². The van der Waals surface area contributed by atoms with E-state index < -0.39 is 29.4 Å². The van der Waals surface area contributed by atoms with Gasteiger partial charge in [0.15, 0.2) is 0 Å². The summed E-state index contributed by atoms with van der Waals surface area (Å²) in [6, 6.07) is 1.11. The molecule has 0 saturated heterocycles. The van der Waals surface area contributed by atoms with E-state index >= 15 is 0 Å². The highest BCUT2D eigenvalue weighted by molar-refractivity contribution is 5.87. The molecule has 2 N–H and O–H groups in total. The van der Waals surface area contributed by atoms with Gasteiger partial charge in [0, 0.05) is 18.7 Å². The van der Waals surface area contributed by atoms with E-state index in [0.29, 0.717) is 6.07 Å². The zero-order chi connectivity index (χ0) is 15.8. The molecule has 1 aromatic rings. The molecule has 0 radical (unpaired) electrons. The third kappa shape index (κ3) is 2.84. The Hall–Kier alpha value is -1.84. The van der Waals surface area contributed by atoms with Crippen LogP contribution in [-0.4, -0.2) is 28.4 Å². The number of amides is 1. The molecule has 1 heterocycles. The molecule has 1 aromatic heterocycles. The van der Waals surface area contributed by atoms with Crippen LogP contribution < -0.4 is 5.32 Å². The highest BCUT2D eigenvalue weighted by Crippen LogP contribution is 2.49. The molecule has 112 valence electrons. The first-order valence-electron chi connectivity index (χ1n) is 4.99. The van der Waals surface area contributed by atoms with Crippen molar-refractivity contribution in [2.24, 2.45) is 0 Å². The lowest BCUT2D eigenvalue weighted by molar-refractivity contribution is -0.376. The fraction of sp³-hybridized carbons (Fsp3) is 0.400. The highest BCUT2D eigenvalue weighted by Gasteiger charge is 2.71. The molecule has 20 heavy (non-hydrogen) atoms. The minimum absolute atomic E-state index is 0.201. The molecule has 0 aliphatic heterocycles. The van der Waals surface area contributed by atoms with E-state index in [1.807, 2.05) is 0 Å². The van der Waals surface area contributed by atoms with Crippen molar-refractivity contribution in [1.29, 1.82) is 0 Å². The SMILES string of the molecule is CC(=O)Nc1ccc(C(O)(C(F)(F)F)C(F)(F)F)cn1. The fourth-order valence-corrected chi connectivity index (χ4v) is 1.35. The second-order valence-electron chi connectivity index (χ2n) is 3.82. The maximum absolute atomic E-state index is 12.5. The van der Waals surface area contributed by atoms with Gasteiger partial charge in [0.2, 0.25) is 5.91 Å². The fourth-order valence-electron chi connectivity index (χ4n) is 1.35. The van der Waals surface area contributed by atoms with Crippen molar-refractivity contribution in [3.05, 3.63) is 23.9 Å². The standard InChI is InChI=1S/C10H8F6N2O2/c1-5(19)18-7-3-2-6(4-17-7)8(20,9(11,12)13)10(14,15)16/h2-4,20H,1H3,(H,17,18,19). The van der Waals surface area contributed by atoms with Crippen molar-refractivity contribution in [2.45, 2.75) is 24.9 Å². The smallest absolute Gasteiger partial charge is 0.369 e. The monoisotopic (exact) mass is 302 g/mol.